The van der Waals surface area contributed by atoms with Crippen LogP contribution in [-0.4, -0.2) is 26.9 Å². The third-order valence-electron chi connectivity index (χ3n) is 4.32. The summed E-state index contributed by atoms with van der Waals surface area (Å²) >= 11 is 0. The number of nitrogens with two attached hydrogens (primary N) is 1. The van der Waals surface area contributed by atoms with E-state index in [1.54, 1.807) is 6.07 Å². The Hall–Kier alpha value is -2.34. The van der Waals surface area contributed by atoms with Gasteiger partial charge in [0.25, 0.3) is 0 Å². The number of aromatic nitrogens is 2. The number of nitrogens with zero attached hydrogens (tertiary/aromatic N) is 2. The van der Waals surface area contributed by atoms with Crippen molar-refractivity contribution in [3.63, 3.8) is 0 Å². The van der Waals surface area contributed by atoms with Crippen LogP contribution in [0.5, 0.6) is 0 Å². The molecule has 0 spiro atoms. The standard InChI is InChI=1S/C17H22N4O2/c1-11-7-15(18)21(20-11)10-16(23)19-17(13-8-14(22)9-13)12-5-3-2-4-6-12/h2-7,13-14,17,22H,8-10,18H2,1H3,(H,19,23)/t13?,14?,17-/m1/s1. The van der Waals surface area contributed by atoms with Gasteiger partial charge in [-0.3, -0.25) is 4.79 Å². The molecule has 0 aliphatic heterocycles. The molecule has 1 aliphatic rings. The molecule has 122 valence electrons. The maximum atomic E-state index is 12.4. The Labute approximate surface area is 135 Å². The maximum absolute atomic E-state index is 12.4. The first kappa shape index (κ1) is 15.6. The van der Waals surface area contributed by atoms with Gasteiger partial charge in [0.05, 0.1) is 17.8 Å². The molecule has 1 saturated carbocycles. The zero-order chi connectivity index (χ0) is 16.4. The van der Waals surface area contributed by atoms with E-state index in [9.17, 15) is 9.90 Å². The predicted octanol–water partition coefficient (Wildman–Crippen LogP) is 1.40. The lowest BCUT2D eigenvalue weighted by atomic mass is 9.75. The van der Waals surface area contributed by atoms with Gasteiger partial charge in [0.2, 0.25) is 5.91 Å². The van der Waals surface area contributed by atoms with E-state index in [1.807, 2.05) is 37.3 Å². The summed E-state index contributed by atoms with van der Waals surface area (Å²) in [6.07, 6.45) is 1.17. The summed E-state index contributed by atoms with van der Waals surface area (Å²) in [6, 6.07) is 11.5. The Morgan fingerprint density at radius 2 is 2.13 bits per heavy atom. The molecule has 0 unspecified atom stereocenters. The average molecular weight is 314 g/mol. The molecule has 6 nitrogen and oxygen atoms in total. The highest BCUT2D eigenvalue weighted by Gasteiger charge is 2.35. The number of carbonyl (C=O) groups is 1. The lowest BCUT2D eigenvalue weighted by Gasteiger charge is -2.38. The van der Waals surface area contributed by atoms with E-state index in [1.165, 1.54) is 4.68 Å². The molecule has 0 bridgehead atoms. The topological polar surface area (TPSA) is 93.2 Å². The molecule has 1 aliphatic carbocycles. The van der Waals surface area contributed by atoms with Gasteiger partial charge < -0.3 is 16.2 Å². The number of nitrogen functional groups attached to an aromatic ring is 1. The van der Waals surface area contributed by atoms with Crippen LogP contribution >= 0.6 is 0 Å². The van der Waals surface area contributed by atoms with Crippen LogP contribution < -0.4 is 11.1 Å². The summed E-state index contributed by atoms with van der Waals surface area (Å²) in [5, 5.41) is 16.9. The molecule has 1 aromatic heterocycles. The Balaban J connectivity index is 1.71. The zero-order valence-electron chi connectivity index (χ0n) is 13.1. The van der Waals surface area contributed by atoms with Crippen molar-refractivity contribution in [2.24, 2.45) is 5.92 Å². The minimum atomic E-state index is -0.257. The highest BCUT2D eigenvalue weighted by atomic mass is 16.3. The number of hydrogen-bond donors (Lipinski definition) is 3. The minimum absolute atomic E-state index is 0.0926. The van der Waals surface area contributed by atoms with Gasteiger partial charge in [-0.1, -0.05) is 30.3 Å². The van der Waals surface area contributed by atoms with Crippen molar-refractivity contribution in [2.75, 3.05) is 5.73 Å². The number of aliphatic hydroxyl groups is 1. The van der Waals surface area contributed by atoms with Crippen LogP contribution in [0.4, 0.5) is 5.82 Å². The number of benzene rings is 1. The largest absolute Gasteiger partial charge is 0.393 e. The van der Waals surface area contributed by atoms with Crippen molar-refractivity contribution in [1.29, 1.82) is 0 Å². The van der Waals surface area contributed by atoms with Crippen LogP contribution in [0.2, 0.25) is 0 Å². The molecule has 1 aromatic carbocycles. The molecular formula is C17H22N4O2. The van der Waals surface area contributed by atoms with Crippen LogP contribution in [0.3, 0.4) is 0 Å². The Morgan fingerprint density at radius 3 is 2.70 bits per heavy atom. The highest BCUT2D eigenvalue weighted by Crippen LogP contribution is 2.38. The van der Waals surface area contributed by atoms with E-state index in [0.717, 1.165) is 11.3 Å². The molecule has 0 saturated heterocycles. The minimum Gasteiger partial charge on any atom is -0.393 e. The van der Waals surface area contributed by atoms with Crippen LogP contribution in [0, 0.1) is 12.8 Å². The summed E-state index contributed by atoms with van der Waals surface area (Å²) in [7, 11) is 0. The number of aryl methyl sites for hydroxylation is 1. The maximum Gasteiger partial charge on any atom is 0.242 e. The van der Waals surface area contributed by atoms with E-state index in [2.05, 4.69) is 10.4 Å². The van der Waals surface area contributed by atoms with Crippen LogP contribution in [-0.2, 0) is 11.3 Å². The highest BCUT2D eigenvalue weighted by molar-refractivity contribution is 5.76. The van der Waals surface area contributed by atoms with Gasteiger partial charge in [-0.25, -0.2) is 4.68 Å². The molecule has 0 radical (unpaired) electrons. The van der Waals surface area contributed by atoms with Crippen LogP contribution in [0.1, 0.15) is 30.1 Å². The third kappa shape index (κ3) is 3.53. The first-order chi connectivity index (χ1) is 11.0. The third-order valence-corrected chi connectivity index (χ3v) is 4.32. The molecule has 2 aromatic rings. The fraction of sp³-hybridized carbons (Fsp3) is 0.412. The van der Waals surface area contributed by atoms with E-state index >= 15 is 0 Å². The summed E-state index contributed by atoms with van der Waals surface area (Å²) in [4.78, 5) is 12.4. The Bertz CT molecular complexity index is 677. The van der Waals surface area contributed by atoms with Gasteiger partial charge in [-0.15, -0.1) is 0 Å². The first-order valence-electron chi connectivity index (χ1n) is 7.85. The van der Waals surface area contributed by atoms with E-state index in [-0.39, 0.29) is 30.5 Å². The summed E-state index contributed by atoms with van der Waals surface area (Å²) in [5.74, 6) is 0.607. The fourth-order valence-electron chi connectivity index (χ4n) is 3.08. The molecule has 6 heteroatoms. The van der Waals surface area contributed by atoms with Crippen molar-refractivity contribution in [3.05, 3.63) is 47.7 Å². The Kier molecular flexibility index (Phi) is 4.34. The van der Waals surface area contributed by atoms with Gasteiger partial charge >= 0.3 is 0 Å². The lowest BCUT2D eigenvalue weighted by Crippen LogP contribution is -2.42. The van der Waals surface area contributed by atoms with Gasteiger partial charge in [-0.05, 0) is 31.2 Å². The normalized spacial score (nSPS) is 21.5. The second-order valence-electron chi connectivity index (χ2n) is 6.21. The number of anilines is 1. The number of nitrogens with one attached hydrogen (secondary N) is 1. The van der Waals surface area contributed by atoms with Crippen molar-refractivity contribution >= 4 is 11.7 Å². The van der Waals surface area contributed by atoms with Gasteiger partial charge in [0.1, 0.15) is 12.4 Å². The molecule has 3 rings (SSSR count). The fourth-order valence-corrected chi connectivity index (χ4v) is 3.08. The van der Waals surface area contributed by atoms with E-state index in [0.29, 0.717) is 18.7 Å². The van der Waals surface area contributed by atoms with E-state index in [4.69, 9.17) is 5.73 Å². The SMILES string of the molecule is Cc1cc(N)n(CC(=O)N[C@H](c2ccccc2)C2CC(O)C2)n1. The van der Waals surface area contributed by atoms with Crippen molar-refractivity contribution < 1.29 is 9.90 Å². The molecule has 4 N–H and O–H groups in total. The lowest BCUT2D eigenvalue weighted by molar-refractivity contribution is -0.123. The predicted molar refractivity (Wildman–Crippen MR) is 87.4 cm³/mol. The Morgan fingerprint density at radius 1 is 1.43 bits per heavy atom. The molecule has 1 heterocycles. The molecule has 1 atom stereocenters. The monoisotopic (exact) mass is 314 g/mol. The van der Waals surface area contributed by atoms with Crippen molar-refractivity contribution in [2.45, 2.75) is 38.5 Å². The first-order valence-corrected chi connectivity index (χ1v) is 7.85. The number of amides is 1. The quantitative estimate of drug-likeness (QED) is 0.778. The molecular weight excluding hydrogens is 292 g/mol. The smallest absolute Gasteiger partial charge is 0.242 e. The van der Waals surface area contributed by atoms with Crippen LogP contribution in [0.25, 0.3) is 0 Å². The van der Waals surface area contributed by atoms with Crippen molar-refractivity contribution in [3.8, 4) is 0 Å². The van der Waals surface area contributed by atoms with Gasteiger partial charge in [0.15, 0.2) is 0 Å². The van der Waals surface area contributed by atoms with Crippen molar-refractivity contribution in [1.82, 2.24) is 15.1 Å². The molecule has 1 fully saturated rings. The molecule has 23 heavy (non-hydrogen) atoms. The summed E-state index contributed by atoms with van der Waals surface area (Å²) in [5.41, 5.74) is 7.68. The second-order valence-corrected chi connectivity index (χ2v) is 6.21. The van der Waals surface area contributed by atoms with Gasteiger partial charge in [0, 0.05) is 6.07 Å². The summed E-state index contributed by atoms with van der Waals surface area (Å²) in [6.45, 7) is 1.94. The number of hydrogen-bond acceptors (Lipinski definition) is 4. The average Bonchev–Trinajstić information content (AvgIpc) is 2.80. The number of carbonyl (C=O) groups excluding carboxylic acids is 1. The van der Waals surface area contributed by atoms with Gasteiger partial charge in [-0.2, -0.15) is 5.10 Å². The number of rotatable bonds is 5. The summed E-state index contributed by atoms with van der Waals surface area (Å²) < 4.78 is 1.50. The number of aliphatic hydroxyl groups excluding tert-OH is 1. The second kappa shape index (κ2) is 6.42. The van der Waals surface area contributed by atoms with Crippen LogP contribution in [0.15, 0.2) is 36.4 Å². The zero-order valence-corrected chi connectivity index (χ0v) is 13.1. The molecule has 1 amide bonds. The van der Waals surface area contributed by atoms with E-state index < -0.39 is 0 Å².